The van der Waals surface area contributed by atoms with Gasteiger partial charge in [-0.05, 0) is 43.0 Å². The summed E-state index contributed by atoms with van der Waals surface area (Å²) in [6, 6.07) is 13.6. The number of fused-ring (bicyclic) bond motifs is 1. The van der Waals surface area contributed by atoms with Gasteiger partial charge in [0, 0.05) is 31.8 Å². The van der Waals surface area contributed by atoms with Crippen LogP contribution in [-0.4, -0.2) is 47.5 Å². The zero-order chi connectivity index (χ0) is 21.4. The first-order chi connectivity index (χ1) is 15.1. The highest BCUT2D eigenvalue weighted by molar-refractivity contribution is 7.19. The number of anilines is 1. The van der Waals surface area contributed by atoms with Crippen LogP contribution in [0.4, 0.5) is 5.00 Å². The lowest BCUT2D eigenvalue weighted by Gasteiger charge is -2.29. The number of pyridine rings is 1. The first-order valence-corrected chi connectivity index (χ1v) is 11.5. The van der Waals surface area contributed by atoms with Gasteiger partial charge >= 0.3 is 0 Å². The number of hydrogen-bond acceptors (Lipinski definition) is 6. The zero-order valence-corrected chi connectivity index (χ0v) is 18.6. The van der Waals surface area contributed by atoms with Crippen molar-refractivity contribution in [1.82, 2.24) is 14.9 Å². The minimum absolute atomic E-state index is 0.138. The second-order valence-corrected chi connectivity index (χ2v) is 9.31. The van der Waals surface area contributed by atoms with Crippen LogP contribution in [0.15, 0.2) is 48.7 Å². The Kier molecular flexibility index (Phi) is 5.36. The average molecular weight is 435 g/mol. The topological polar surface area (TPSA) is 58.6 Å². The summed E-state index contributed by atoms with van der Waals surface area (Å²) >= 11 is 1.69. The lowest BCUT2D eigenvalue weighted by atomic mass is 10.1. The van der Waals surface area contributed by atoms with Crippen LogP contribution in [0.25, 0.3) is 10.6 Å². The van der Waals surface area contributed by atoms with Crippen molar-refractivity contribution in [1.29, 1.82) is 0 Å². The van der Waals surface area contributed by atoms with E-state index >= 15 is 0 Å². The Bertz CT molecular complexity index is 1080. The molecule has 7 heteroatoms. The molecule has 1 fully saturated rings. The molecule has 1 unspecified atom stereocenters. The summed E-state index contributed by atoms with van der Waals surface area (Å²) in [5, 5.41) is 2.13. The van der Waals surface area contributed by atoms with Crippen LogP contribution in [0.2, 0.25) is 0 Å². The molecule has 0 N–H and O–H groups in total. The van der Waals surface area contributed by atoms with E-state index in [4.69, 9.17) is 9.72 Å². The Labute approximate surface area is 186 Å². The third-order valence-corrected chi connectivity index (χ3v) is 7.14. The lowest BCUT2D eigenvalue weighted by Crippen LogP contribution is -2.46. The number of methoxy groups -OCH3 is 1. The number of benzene rings is 1. The van der Waals surface area contributed by atoms with E-state index in [2.05, 4.69) is 16.0 Å². The fourth-order valence-electron chi connectivity index (χ4n) is 4.09. The van der Waals surface area contributed by atoms with Gasteiger partial charge in [0.1, 0.15) is 21.8 Å². The van der Waals surface area contributed by atoms with E-state index in [9.17, 15) is 4.79 Å². The SMILES string of the molecule is COc1cccc(-c2nc3c(s2)N(CC2CC2)C(C(=O)N(C)Cc2ccccn2)C3)c1. The number of rotatable bonds is 7. The molecule has 0 bridgehead atoms. The van der Waals surface area contributed by atoms with E-state index in [-0.39, 0.29) is 11.9 Å². The molecule has 1 atom stereocenters. The Morgan fingerprint density at radius 3 is 2.87 bits per heavy atom. The number of ether oxygens (including phenoxy) is 1. The maximum Gasteiger partial charge on any atom is 0.245 e. The summed E-state index contributed by atoms with van der Waals surface area (Å²) in [5.41, 5.74) is 2.99. The monoisotopic (exact) mass is 434 g/mol. The summed E-state index contributed by atoms with van der Waals surface area (Å²) < 4.78 is 5.37. The van der Waals surface area contributed by atoms with Gasteiger partial charge in [-0.3, -0.25) is 9.78 Å². The molecule has 6 nitrogen and oxygen atoms in total. The molecule has 0 saturated heterocycles. The molecule has 0 spiro atoms. The van der Waals surface area contributed by atoms with Crippen molar-refractivity contribution in [3.8, 4) is 16.3 Å². The molecule has 1 aliphatic heterocycles. The molecule has 1 saturated carbocycles. The fourth-order valence-corrected chi connectivity index (χ4v) is 5.24. The van der Waals surface area contributed by atoms with Gasteiger partial charge in [-0.15, -0.1) is 0 Å². The number of likely N-dealkylation sites (N-methyl/N-ethyl adjacent to an activating group) is 1. The molecule has 2 aliphatic rings. The van der Waals surface area contributed by atoms with Gasteiger partial charge in [0.25, 0.3) is 0 Å². The predicted octanol–water partition coefficient (Wildman–Crippen LogP) is 4.01. The molecule has 2 aromatic heterocycles. The molecule has 0 radical (unpaired) electrons. The van der Waals surface area contributed by atoms with Crippen molar-refractivity contribution in [2.45, 2.75) is 31.8 Å². The maximum absolute atomic E-state index is 13.4. The summed E-state index contributed by atoms with van der Waals surface area (Å²) in [7, 11) is 3.55. The average Bonchev–Trinajstić information content (AvgIpc) is 3.43. The normalized spacial score (nSPS) is 17.5. The van der Waals surface area contributed by atoms with Gasteiger partial charge in [0.2, 0.25) is 5.91 Å². The fraction of sp³-hybridized carbons (Fsp3) is 0.375. The van der Waals surface area contributed by atoms with Crippen LogP contribution >= 0.6 is 11.3 Å². The van der Waals surface area contributed by atoms with Crippen molar-refractivity contribution in [2.24, 2.45) is 5.92 Å². The van der Waals surface area contributed by atoms with Gasteiger partial charge in [0.05, 0.1) is 25.0 Å². The standard InChI is InChI=1S/C24H26N4O2S/c1-27(15-18-7-3-4-11-25-18)23(29)21-13-20-24(28(21)14-16-9-10-16)31-22(26-20)17-6-5-8-19(12-17)30-2/h3-8,11-12,16,21H,9-10,13-15H2,1-2H3. The highest BCUT2D eigenvalue weighted by Crippen LogP contribution is 2.44. The highest BCUT2D eigenvalue weighted by atomic mass is 32.1. The van der Waals surface area contributed by atoms with Crippen molar-refractivity contribution < 1.29 is 9.53 Å². The third-order valence-electron chi connectivity index (χ3n) is 5.96. The van der Waals surface area contributed by atoms with E-state index in [1.165, 1.54) is 12.8 Å². The summed E-state index contributed by atoms with van der Waals surface area (Å²) in [6.45, 7) is 1.45. The number of aromatic nitrogens is 2. The van der Waals surface area contributed by atoms with Gasteiger partial charge in [-0.25, -0.2) is 4.98 Å². The number of amides is 1. The Balaban J connectivity index is 1.38. The number of thiazole rings is 1. The lowest BCUT2D eigenvalue weighted by molar-refractivity contribution is -0.131. The summed E-state index contributed by atoms with van der Waals surface area (Å²) in [5.74, 6) is 1.65. The van der Waals surface area contributed by atoms with Gasteiger partial charge in [-0.2, -0.15) is 0 Å². The zero-order valence-electron chi connectivity index (χ0n) is 17.8. The van der Waals surface area contributed by atoms with Crippen molar-refractivity contribution in [3.05, 3.63) is 60.0 Å². The smallest absolute Gasteiger partial charge is 0.245 e. The van der Waals surface area contributed by atoms with Crippen LogP contribution < -0.4 is 9.64 Å². The van der Waals surface area contributed by atoms with Crippen molar-refractivity contribution in [3.63, 3.8) is 0 Å². The number of nitrogens with zero attached hydrogens (tertiary/aromatic N) is 4. The molecule has 31 heavy (non-hydrogen) atoms. The van der Waals surface area contributed by atoms with Crippen LogP contribution in [0, 0.1) is 5.92 Å². The first-order valence-electron chi connectivity index (χ1n) is 10.7. The van der Waals surface area contributed by atoms with Crippen molar-refractivity contribution >= 4 is 22.2 Å². The maximum atomic E-state index is 13.4. The third kappa shape index (κ3) is 4.14. The van der Waals surface area contributed by atoms with Crippen LogP contribution in [0.3, 0.4) is 0 Å². The van der Waals surface area contributed by atoms with E-state index in [0.717, 1.165) is 39.3 Å². The molecule has 1 aliphatic carbocycles. The molecule has 5 rings (SSSR count). The van der Waals surface area contributed by atoms with Gasteiger partial charge in [-0.1, -0.05) is 29.5 Å². The number of carbonyl (C=O) groups is 1. The molecule has 1 amide bonds. The molecule has 1 aromatic carbocycles. The Hall–Kier alpha value is -2.93. The van der Waals surface area contributed by atoms with Crippen LogP contribution in [0.5, 0.6) is 5.75 Å². The number of hydrogen-bond donors (Lipinski definition) is 0. The predicted molar refractivity (Wildman–Crippen MR) is 122 cm³/mol. The van der Waals surface area contributed by atoms with Gasteiger partial charge in [0.15, 0.2) is 0 Å². The van der Waals surface area contributed by atoms with Crippen LogP contribution in [0.1, 0.15) is 24.2 Å². The Morgan fingerprint density at radius 1 is 1.26 bits per heavy atom. The van der Waals surface area contributed by atoms with E-state index in [1.807, 2.05) is 43.4 Å². The quantitative estimate of drug-likeness (QED) is 0.562. The molecular weight excluding hydrogens is 408 g/mol. The molecule has 160 valence electrons. The van der Waals surface area contributed by atoms with Gasteiger partial charge < -0.3 is 14.5 Å². The summed E-state index contributed by atoms with van der Waals surface area (Å²) in [4.78, 5) is 26.8. The van der Waals surface area contributed by atoms with Crippen molar-refractivity contribution in [2.75, 3.05) is 25.6 Å². The van der Waals surface area contributed by atoms with E-state index < -0.39 is 0 Å². The van der Waals surface area contributed by atoms with E-state index in [1.54, 1.807) is 29.5 Å². The molecule has 3 aromatic rings. The second kappa shape index (κ2) is 8.30. The minimum atomic E-state index is -0.178. The first kappa shape index (κ1) is 20.0. The summed E-state index contributed by atoms with van der Waals surface area (Å²) in [6.07, 6.45) is 4.92. The van der Waals surface area contributed by atoms with Crippen LogP contribution in [-0.2, 0) is 17.8 Å². The molecule has 3 heterocycles. The minimum Gasteiger partial charge on any atom is -0.497 e. The second-order valence-electron chi connectivity index (χ2n) is 8.33. The van der Waals surface area contributed by atoms with E-state index in [0.29, 0.717) is 18.9 Å². The largest absolute Gasteiger partial charge is 0.497 e. The highest BCUT2D eigenvalue weighted by Gasteiger charge is 2.41. The molecular formula is C24H26N4O2S. The Morgan fingerprint density at radius 2 is 2.13 bits per heavy atom. The number of carbonyl (C=O) groups excluding carboxylic acids is 1.